The van der Waals surface area contributed by atoms with E-state index < -0.39 is 5.97 Å². The molecule has 5 radical (unpaired) electrons. The third-order valence-corrected chi connectivity index (χ3v) is 3.56. The molecule has 1 heterocycles. The highest BCUT2D eigenvalue weighted by atomic mass is 35.5. The summed E-state index contributed by atoms with van der Waals surface area (Å²) >= 11 is 12.0. The van der Waals surface area contributed by atoms with E-state index in [9.17, 15) is 4.79 Å². The summed E-state index contributed by atoms with van der Waals surface area (Å²) in [5.41, 5.74) is 1.25. The number of carbonyl (C=O) groups excluding carboxylic acids is 1. The van der Waals surface area contributed by atoms with Gasteiger partial charge in [0.25, 0.3) is 0 Å². The van der Waals surface area contributed by atoms with Crippen molar-refractivity contribution < 1.29 is 14.1 Å². The van der Waals surface area contributed by atoms with Gasteiger partial charge in [-0.1, -0.05) is 28.4 Å². The van der Waals surface area contributed by atoms with Crippen LogP contribution in [0.1, 0.15) is 5.76 Å². The van der Waals surface area contributed by atoms with E-state index >= 15 is 0 Å². The molecule has 111 valence electrons. The molecule has 0 N–H and O–H groups in total. The van der Waals surface area contributed by atoms with E-state index in [4.69, 9.17) is 32.5 Å². The van der Waals surface area contributed by atoms with Crippen molar-refractivity contribution in [1.29, 1.82) is 0 Å². The van der Waals surface area contributed by atoms with E-state index in [0.29, 0.717) is 33.0 Å². The fourth-order valence-electron chi connectivity index (χ4n) is 1.94. The van der Waals surface area contributed by atoms with Gasteiger partial charge in [-0.2, -0.15) is 0 Å². The smallest absolute Gasteiger partial charge is 0.314 e. The minimum Gasteiger partial charge on any atom is -0.457 e. The molecule has 6 heteroatoms. The van der Waals surface area contributed by atoms with Gasteiger partial charge in [0.1, 0.15) is 5.69 Å². The van der Waals surface area contributed by atoms with Crippen molar-refractivity contribution in [2.75, 3.05) is 0 Å². The van der Waals surface area contributed by atoms with Crippen LogP contribution in [0.3, 0.4) is 0 Å². The number of carbonyl (C=O) groups is 1. The predicted molar refractivity (Wildman–Crippen MR) is 82.2 cm³/mol. The number of hydrogen-bond acceptors (Lipinski definition) is 4. The van der Waals surface area contributed by atoms with E-state index in [2.05, 4.69) is 5.16 Å². The van der Waals surface area contributed by atoms with Gasteiger partial charge in [-0.15, -0.1) is 0 Å². The van der Waals surface area contributed by atoms with E-state index in [1.165, 1.54) is 0 Å². The number of esters is 1. The number of ether oxygens (including phenoxy) is 1. The summed E-state index contributed by atoms with van der Waals surface area (Å²) in [6, 6.07) is 6.77. The second kappa shape index (κ2) is 6.71. The maximum Gasteiger partial charge on any atom is 0.314 e. The van der Waals surface area contributed by atoms with Gasteiger partial charge in [-0.05, 0) is 43.9 Å². The number of rotatable bonds is 4. The topological polar surface area (TPSA) is 52.3 Å². The highest BCUT2D eigenvalue weighted by Crippen LogP contribution is 2.30. The monoisotopic (exact) mass is 334 g/mol. The van der Waals surface area contributed by atoms with Crippen LogP contribution in [0.2, 0.25) is 10.0 Å². The van der Waals surface area contributed by atoms with Gasteiger partial charge in [0.15, 0.2) is 12.4 Å². The Morgan fingerprint density at radius 1 is 1.18 bits per heavy atom. The lowest BCUT2D eigenvalue weighted by molar-refractivity contribution is -0.142. The van der Waals surface area contributed by atoms with Gasteiger partial charge in [-0.25, -0.2) is 0 Å². The highest BCUT2D eigenvalue weighted by molar-refractivity contribution is 6.36. The first-order valence-electron chi connectivity index (χ1n) is 6.43. The minimum absolute atomic E-state index is 0.00220. The first-order chi connectivity index (χ1) is 10.6. The Hall–Kier alpha value is -1.52. The van der Waals surface area contributed by atoms with E-state index in [1.54, 1.807) is 49.9 Å². The molecule has 1 aromatic carbocycles. The van der Waals surface area contributed by atoms with Crippen LogP contribution < -0.4 is 0 Å². The summed E-state index contributed by atoms with van der Waals surface area (Å²) in [6.45, 7) is 0.00220. The van der Waals surface area contributed by atoms with Gasteiger partial charge in [0, 0.05) is 16.7 Å². The van der Waals surface area contributed by atoms with Crippen LogP contribution in [0, 0.1) is 31.6 Å². The molecule has 22 heavy (non-hydrogen) atoms. The summed E-state index contributed by atoms with van der Waals surface area (Å²) in [7, 11) is 0. The number of benzene rings is 1. The summed E-state index contributed by atoms with van der Waals surface area (Å²) in [5, 5.41) is 4.94. The van der Waals surface area contributed by atoms with E-state index in [1.807, 2.05) is 0 Å². The molecule has 1 aliphatic carbocycles. The largest absolute Gasteiger partial charge is 0.457 e. The average Bonchev–Trinajstić information content (AvgIpc) is 3.16. The lowest BCUT2D eigenvalue weighted by Gasteiger charge is -2.06. The molecule has 0 aliphatic heterocycles. The molecule has 3 rings (SSSR count). The van der Waals surface area contributed by atoms with Crippen LogP contribution in [0.5, 0.6) is 0 Å². The van der Waals surface area contributed by atoms with Crippen molar-refractivity contribution >= 4 is 29.2 Å². The first kappa shape index (κ1) is 15.4. The highest BCUT2D eigenvalue weighted by Gasteiger charge is 2.26. The average molecular weight is 335 g/mol. The third-order valence-electron chi connectivity index (χ3n) is 3.01. The van der Waals surface area contributed by atoms with Crippen LogP contribution in [-0.2, 0) is 16.1 Å². The number of halogens is 2. The zero-order valence-electron chi connectivity index (χ0n) is 11.3. The number of hydrogen-bond donors (Lipinski definition) is 0. The van der Waals surface area contributed by atoms with Gasteiger partial charge in [0.05, 0.1) is 10.9 Å². The Morgan fingerprint density at radius 3 is 2.68 bits per heavy atom. The Balaban J connectivity index is 1.64. The number of nitrogens with zero attached hydrogens (tertiary/aromatic N) is 1. The Morgan fingerprint density at radius 2 is 1.95 bits per heavy atom. The summed E-state index contributed by atoms with van der Waals surface area (Å²) in [5.74, 6) is 0.522. The molecule has 1 fully saturated rings. The van der Waals surface area contributed by atoms with Crippen LogP contribution in [0.25, 0.3) is 11.3 Å². The van der Waals surface area contributed by atoms with Crippen LogP contribution in [0.15, 0.2) is 28.8 Å². The normalized spacial score (nSPS) is 15.2. The lowest BCUT2D eigenvalue weighted by Crippen LogP contribution is -2.13. The molecule has 0 bridgehead atoms. The standard InChI is InChI=1S/C16H10Cl2NO3/c17-11-5-6-13(14(18)7-11)15-8-12(22-19-15)9-21-16(20)10-3-1-2-4-10/h1-8H,9H2. The molecule has 1 aromatic heterocycles. The van der Waals surface area contributed by atoms with E-state index in [0.717, 1.165) is 0 Å². The maximum atomic E-state index is 11.7. The van der Waals surface area contributed by atoms with E-state index in [-0.39, 0.29) is 6.61 Å². The van der Waals surface area contributed by atoms with Gasteiger partial charge < -0.3 is 9.26 Å². The van der Waals surface area contributed by atoms with Crippen molar-refractivity contribution in [3.8, 4) is 11.3 Å². The molecule has 0 unspecified atom stereocenters. The molecule has 0 saturated heterocycles. The van der Waals surface area contributed by atoms with Crippen molar-refractivity contribution in [1.82, 2.24) is 5.16 Å². The van der Waals surface area contributed by atoms with Crippen molar-refractivity contribution in [3.05, 3.63) is 71.7 Å². The van der Waals surface area contributed by atoms with Gasteiger partial charge in [-0.3, -0.25) is 4.79 Å². The van der Waals surface area contributed by atoms with Crippen molar-refractivity contribution in [2.45, 2.75) is 6.61 Å². The van der Waals surface area contributed by atoms with Crippen LogP contribution in [-0.4, -0.2) is 11.1 Å². The quantitative estimate of drug-likeness (QED) is 0.790. The van der Waals surface area contributed by atoms with Crippen LogP contribution >= 0.6 is 23.2 Å². The zero-order chi connectivity index (χ0) is 15.5. The molecule has 0 spiro atoms. The molecule has 2 aromatic rings. The Labute approximate surface area is 138 Å². The summed E-state index contributed by atoms with van der Waals surface area (Å²) in [4.78, 5) is 11.7. The maximum absolute atomic E-state index is 11.7. The minimum atomic E-state index is -0.410. The van der Waals surface area contributed by atoms with Crippen molar-refractivity contribution in [3.63, 3.8) is 0 Å². The molecule has 4 nitrogen and oxygen atoms in total. The molecule has 0 atom stereocenters. The Bertz CT molecular complexity index is 678. The van der Waals surface area contributed by atoms with Crippen molar-refractivity contribution in [2.24, 2.45) is 0 Å². The van der Waals surface area contributed by atoms with Crippen LogP contribution in [0.4, 0.5) is 0 Å². The fourth-order valence-corrected chi connectivity index (χ4v) is 2.44. The summed E-state index contributed by atoms with van der Waals surface area (Å²) in [6.07, 6.45) is 6.90. The zero-order valence-corrected chi connectivity index (χ0v) is 12.8. The fraction of sp³-hybridized carbons (Fsp3) is 0.0625. The second-order valence-corrected chi connectivity index (χ2v) is 5.40. The second-order valence-electron chi connectivity index (χ2n) is 4.55. The summed E-state index contributed by atoms with van der Waals surface area (Å²) < 4.78 is 10.3. The number of aromatic nitrogens is 1. The molecular weight excluding hydrogens is 325 g/mol. The molecular formula is C16H10Cl2NO3. The first-order valence-corrected chi connectivity index (χ1v) is 7.19. The molecule has 0 amide bonds. The predicted octanol–water partition coefficient (Wildman–Crippen LogP) is 4.10. The molecule has 1 aliphatic rings. The van der Waals surface area contributed by atoms with Gasteiger partial charge >= 0.3 is 5.97 Å². The third kappa shape index (κ3) is 3.45. The molecule has 1 saturated carbocycles. The van der Waals surface area contributed by atoms with Gasteiger partial charge in [0.2, 0.25) is 0 Å². The Kier molecular flexibility index (Phi) is 4.69. The SMILES string of the molecule is O=C(OCc1cc(-c2ccc(Cl)cc2Cl)no1)[C]1[CH][CH][CH][CH]1. The lowest BCUT2D eigenvalue weighted by atomic mass is 10.1.